The fraction of sp³-hybridized carbons (Fsp3) is 0.167. The Balaban J connectivity index is 1.61. The number of halogens is 1. The Labute approximate surface area is 174 Å². The number of amides is 1. The van der Waals surface area contributed by atoms with E-state index in [0.29, 0.717) is 11.4 Å². The van der Waals surface area contributed by atoms with E-state index in [2.05, 4.69) is 5.32 Å². The number of anilines is 1. The maximum atomic E-state index is 13.0. The lowest BCUT2D eigenvalue weighted by atomic mass is 10.0. The van der Waals surface area contributed by atoms with Crippen molar-refractivity contribution in [3.05, 3.63) is 84.7 Å². The molecule has 3 aromatic rings. The second-order valence-corrected chi connectivity index (χ2v) is 6.69. The second kappa shape index (κ2) is 9.69. The molecule has 1 amide bonds. The first-order valence-corrected chi connectivity index (χ1v) is 9.52. The normalized spacial score (nSPS) is 12.5. The third-order valence-corrected chi connectivity index (χ3v) is 4.39. The van der Waals surface area contributed by atoms with Gasteiger partial charge in [-0.15, -0.1) is 0 Å². The molecule has 0 unspecified atom stereocenters. The Morgan fingerprint density at radius 3 is 2.17 bits per heavy atom. The van der Waals surface area contributed by atoms with Crippen LogP contribution >= 0.6 is 0 Å². The van der Waals surface area contributed by atoms with Gasteiger partial charge in [-0.3, -0.25) is 4.79 Å². The Morgan fingerprint density at radius 1 is 0.833 bits per heavy atom. The number of carbonyl (C=O) groups excluding carboxylic acids is 2. The molecular weight excluding hydrogens is 385 g/mol. The molecule has 0 aliphatic heterocycles. The lowest BCUT2D eigenvalue weighted by Gasteiger charge is -2.18. The number of ether oxygens (including phenoxy) is 2. The number of nitrogens with one attached hydrogen (secondary N) is 1. The Hall–Kier alpha value is -3.67. The van der Waals surface area contributed by atoms with Gasteiger partial charge in [0.1, 0.15) is 11.6 Å². The van der Waals surface area contributed by atoms with Gasteiger partial charge in [0.25, 0.3) is 5.91 Å². The molecule has 30 heavy (non-hydrogen) atoms. The largest absolute Gasteiger partial charge is 0.479 e. The molecule has 3 rings (SSSR count). The summed E-state index contributed by atoms with van der Waals surface area (Å²) in [6.07, 6.45) is -1.98. The van der Waals surface area contributed by atoms with E-state index in [0.717, 1.165) is 11.1 Å². The number of hydrogen-bond acceptors (Lipinski definition) is 4. The summed E-state index contributed by atoms with van der Waals surface area (Å²) in [6, 6.07) is 22.3. The molecule has 3 aromatic carbocycles. The van der Waals surface area contributed by atoms with E-state index in [-0.39, 0.29) is 0 Å². The zero-order valence-corrected chi connectivity index (χ0v) is 16.7. The van der Waals surface area contributed by atoms with E-state index in [4.69, 9.17) is 9.47 Å². The summed E-state index contributed by atoms with van der Waals surface area (Å²) < 4.78 is 23.6. The third-order valence-electron chi connectivity index (χ3n) is 4.39. The summed E-state index contributed by atoms with van der Waals surface area (Å²) in [5.74, 6) is -1.23. The van der Waals surface area contributed by atoms with Crippen LogP contribution in [0.3, 0.4) is 0 Å². The van der Waals surface area contributed by atoms with Crippen LogP contribution in [0.2, 0.25) is 0 Å². The molecule has 0 saturated heterocycles. The molecule has 0 radical (unpaired) electrons. The Bertz CT molecular complexity index is 1010. The van der Waals surface area contributed by atoms with Gasteiger partial charge in [0.2, 0.25) is 0 Å². The molecule has 5 nitrogen and oxygen atoms in total. The number of esters is 1. The van der Waals surface area contributed by atoms with Gasteiger partial charge in [-0.25, -0.2) is 9.18 Å². The first kappa shape index (κ1) is 21.0. The molecule has 0 aromatic heterocycles. The van der Waals surface area contributed by atoms with Crippen LogP contribution in [0.15, 0.2) is 78.9 Å². The molecule has 2 atom stereocenters. The van der Waals surface area contributed by atoms with Crippen LogP contribution in [0.4, 0.5) is 10.1 Å². The summed E-state index contributed by atoms with van der Waals surface area (Å²) in [5.41, 5.74) is 2.43. The SMILES string of the molecule is C[C@H](OC(=O)[C@H](C)Oc1ccc(F)cc1)C(=O)Nc1ccccc1-c1ccccc1. The van der Waals surface area contributed by atoms with Gasteiger partial charge >= 0.3 is 5.97 Å². The number of carbonyl (C=O) groups is 2. The monoisotopic (exact) mass is 407 g/mol. The standard InChI is InChI=1S/C24H22FNO4/c1-16(30-24(28)17(2)29-20-14-12-19(25)13-15-20)23(27)26-22-11-7-6-10-21(22)18-8-4-3-5-9-18/h3-17H,1-2H3,(H,26,27)/t16-,17-/m0/s1. The molecule has 0 spiro atoms. The van der Waals surface area contributed by atoms with E-state index in [1.807, 2.05) is 48.5 Å². The molecule has 0 bridgehead atoms. The smallest absolute Gasteiger partial charge is 0.347 e. The maximum absolute atomic E-state index is 13.0. The van der Waals surface area contributed by atoms with Crippen molar-refractivity contribution >= 4 is 17.6 Å². The average Bonchev–Trinajstić information content (AvgIpc) is 2.76. The van der Waals surface area contributed by atoms with Gasteiger partial charge in [-0.1, -0.05) is 48.5 Å². The molecule has 0 aliphatic rings. The first-order chi connectivity index (χ1) is 14.4. The van der Waals surface area contributed by atoms with Gasteiger partial charge < -0.3 is 14.8 Å². The van der Waals surface area contributed by atoms with E-state index in [9.17, 15) is 14.0 Å². The molecule has 1 N–H and O–H groups in total. The molecule has 0 fully saturated rings. The lowest BCUT2D eigenvalue weighted by molar-refractivity contribution is -0.159. The molecule has 0 aliphatic carbocycles. The Morgan fingerprint density at radius 2 is 1.47 bits per heavy atom. The van der Waals surface area contributed by atoms with Crippen molar-refractivity contribution in [3.63, 3.8) is 0 Å². The first-order valence-electron chi connectivity index (χ1n) is 9.52. The zero-order chi connectivity index (χ0) is 21.5. The van der Waals surface area contributed by atoms with Crippen LogP contribution < -0.4 is 10.1 Å². The average molecular weight is 407 g/mol. The highest BCUT2D eigenvalue weighted by atomic mass is 19.1. The van der Waals surface area contributed by atoms with Gasteiger partial charge in [0.05, 0.1) is 0 Å². The highest BCUT2D eigenvalue weighted by Crippen LogP contribution is 2.27. The zero-order valence-electron chi connectivity index (χ0n) is 16.7. The lowest BCUT2D eigenvalue weighted by Crippen LogP contribution is -2.35. The van der Waals surface area contributed by atoms with Crippen molar-refractivity contribution in [2.45, 2.75) is 26.1 Å². The minimum atomic E-state index is -1.03. The quantitative estimate of drug-likeness (QED) is 0.570. The minimum Gasteiger partial charge on any atom is -0.479 e. The number of hydrogen-bond donors (Lipinski definition) is 1. The van der Waals surface area contributed by atoms with Crippen LogP contribution in [0, 0.1) is 5.82 Å². The van der Waals surface area contributed by atoms with Crippen molar-refractivity contribution in [2.75, 3.05) is 5.32 Å². The van der Waals surface area contributed by atoms with Crippen molar-refractivity contribution < 1.29 is 23.5 Å². The van der Waals surface area contributed by atoms with Gasteiger partial charge in [-0.2, -0.15) is 0 Å². The second-order valence-electron chi connectivity index (χ2n) is 6.69. The highest BCUT2D eigenvalue weighted by molar-refractivity contribution is 5.98. The van der Waals surface area contributed by atoms with Gasteiger partial charge in [0, 0.05) is 11.3 Å². The minimum absolute atomic E-state index is 0.328. The molecular formula is C24H22FNO4. The predicted octanol–water partition coefficient (Wildman–Crippen LogP) is 4.83. The van der Waals surface area contributed by atoms with Crippen LogP contribution in [-0.4, -0.2) is 24.1 Å². The highest BCUT2D eigenvalue weighted by Gasteiger charge is 2.24. The van der Waals surface area contributed by atoms with Crippen LogP contribution in [0.5, 0.6) is 5.75 Å². The predicted molar refractivity (Wildman–Crippen MR) is 113 cm³/mol. The fourth-order valence-corrected chi connectivity index (χ4v) is 2.78. The van der Waals surface area contributed by atoms with Gasteiger partial charge in [-0.05, 0) is 49.7 Å². The van der Waals surface area contributed by atoms with Crippen molar-refractivity contribution in [1.82, 2.24) is 0 Å². The molecule has 0 saturated carbocycles. The van der Waals surface area contributed by atoms with Crippen LogP contribution in [-0.2, 0) is 14.3 Å². The summed E-state index contributed by atoms with van der Waals surface area (Å²) in [6.45, 7) is 2.99. The summed E-state index contributed by atoms with van der Waals surface area (Å²) in [4.78, 5) is 24.8. The molecule has 154 valence electrons. The molecule has 0 heterocycles. The fourth-order valence-electron chi connectivity index (χ4n) is 2.78. The molecule has 6 heteroatoms. The van der Waals surface area contributed by atoms with Crippen molar-refractivity contribution in [3.8, 4) is 16.9 Å². The van der Waals surface area contributed by atoms with E-state index < -0.39 is 29.9 Å². The third kappa shape index (κ3) is 5.44. The number of benzene rings is 3. The van der Waals surface area contributed by atoms with Crippen LogP contribution in [0.1, 0.15) is 13.8 Å². The van der Waals surface area contributed by atoms with Crippen LogP contribution in [0.25, 0.3) is 11.1 Å². The summed E-state index contributed by atoms with van der Waals surface area (Å²) >= 11 is 0. The topological polar surface area (TPSA) is 64.6 Å². The summed E-state index contributed by atoms with van der Waals surface area (Å²) in [5, 5.41) is 2.81. The van der Waals surface area contributed by atoms with E-state index >= 15 is 0 Å². The van der Waals surface area contributed by atoms with Crippen molar-refractivity contribution in [1.29, 1.82) is 0 Å². The van der Waals surface area contributed by atoms with E-state index in [1.165, 1.54) is 38.1 Å². The van der Waals surface area contributed by atoms with Crippen molar-refractivity contribution in [2.24, 2.45) is 0 Å². The number of para-hydroxylation sites is 1. The van der Waals surface area contributed by atoms with Gasteiger partial charge in [0.15, 0.2) is 12.2 Å². The summed E-state index contributed by atoms with van der Waals surface area (Å²) in [7, 11) is 0. The number of rotatable bonds is 7. The maximum Gasteiger partial charge on any atom is 0.347 e. The van der Waals surface area contributed by atoms with E-state index in [1.54, 1.807) is 6.07 Å². The Kier molecular flexibility index (Phi) is 6.80.